The molecular formula is C15H12FN3O. The molecule has 2 aromatic heterocycles. The summed E-state index contributed by atoms with van der Waals surface area (Å²) in [6.07, 6.45) is 4.54. The first kappa shape index (κ1) is 12.3. The number of carbonyl (C=O) groups excluding carboxylic acids is 1. The number of nitrogens with one attached hydrogen (secondary N) is 2. The van der Waals surface area contributed by atoms with Crippen molar-refractivity contribution < 1.29 is 9.18 Å². The fraction of sp³-hybridized carbons (Fsp3) is 0.0667. The Morgan fingerprint density at radius 2 is 2.15 bits per heavy atom. The van der Waals surface area contributed by atoms with Gasteiger partial charge >= 0.3 is 0 Å². The van der Waals surface area contributed by atoms with E-state index in [9.17, 15) is 9.18 Å². The lowest BCUT2D eigenvalue weighted by Gasteiger charge is -2.04. The normalized spacial score (nSPS) is 10.7. The highest BCUT2D eigenvalue weighted by Gasteiger charge is 2.09. The Balaban J connectivity index is 1.76. The zero-order valence-electron chi connectivity index (χ0n) is 10.6. The lowest BCUT2D eigenvalue weighted by Crippen LogP contribution is -2.14. The number of H-pyrrole nitrogens is 1. The molecule has 0 atom stereocenters. The van der Waals surface area contributed by atoms with Crippen LogP contribution in [0.2, 0.25) is 0 Å². The lowest BCUT2D eigenvalue weighted by molar-refractivity contribution is -0.115. The van der Waals surface area contributed by atoms with E-state index in [4.69, 9.17) is 0 Å². The first-order chi connectivity index (χ1) is 9.72. The third kappa shape index (κ3) is 2.51. The summed E-state index contributed by atoms with van der Waals surface area (Å²) >= 11 is 0. The molecule has 0 unspecified atom stereocenters. The number of amides is 1. The van der Waals surface area contributed by atoms with Gasteiger partial charge in [-0.05, 0) is 11.6 Å². The third-order valence-electron chi connectivity index (χ3n) is 3.01. The molecule has 4 nitrogen and oxygen atoms in total. The molecule has 1 aromatic carbocycles. The van der Waals surface area contributed by atoms with E-state index in [1.165, 1.54) is 12.3 Å². The van der Waals surface area contributed by atoms with Crippen molar-refractivity contribution in [1.82, 2.24) is 9.97 Å². The van der Waals surface area contributed by atoms with Gasteiger partial charge in [-0.25, -0.2) is 4.39 Å². The second-order valence-electron chi connectivity index (χ2n) is 4.48. The van der Waals surface area contributed by atoms with Crippen molar-refractivity contribution in [1.29, 1.82) is 0 Å². The summed E-state index contributed by atoms with van der Waals surface area (Å²) in [4.78, 5) is 18.8. The van der Waals surface area contributed by atoms with Crippen molar-refractivity contribution in [2.24, 2.45) is 0 Å². The number of benzene rings is 1. The number of fused-ring (bicyclic) bond motifs is 1. The van der Waals surface area contributed by atoms with Crippen molar-refractivity contribution in [2.75, 3.05) is 5.32 Å². The molecule has 0 fully saturated rings. The number of nitrogens with zero attached hydrogens (tertiary/aromatic N) is 1. The highest BCUT2D eigenvalue weighted by atomic mass is 19.1. The van der Waals surface area contributed by atoms with Gasteiger partial charge in [0.05, 0.1) is 24.5 Å². The Hall–Kier alpha value is -2.69. The molecule has 1 amide bonds. The molecule has 3 rings (SSSR count). The second kappa shape index (κ2) is 5.13. The van der Waals surface area contributed by atoms with Gasteiger partial charge in [-0.2, -0.15) is 0 Å². The minimum absolute atomic E-state index is 0.206. The Morgan fingerprint density at radius 1 is 1.30 bits per heavy atom. The average Bonchev–Trinajstić information content (AvgIpc) is 2.82. The van der Waals surface area contributed by atoms with Gasteiger partial charge in [-0.15, -0.1) is 0 Å². The van der Waals surface area contributed by atoms with Gasteiger partial charge in [-0.3, -0.25) is 9.78 Å². The Labute approximate surface area is 114 Å². The minimum Gasteiger partial charge on any atom is -0.361 e. The highest BCUT2D eigenvalue weighted by molar-refractivity contribution is 5.95. The summed E-state index contributed by atoms with van der Waals surface area (Å²) in [5.74, 6) is -0.683. The van der Waals surface area contributed by atoms with Crippen LogP contribution < -0.4 is 5.32 Å². The number of halogens is 1. The topological polar surface area (TPSA) is 57.8 Å². The van der Waals surface area contributed by atoms with E-state index in [1.54, 1.807) is 0 Å². The number of pyridine rings is 1. The van der Waals surface area contributed by atoms with Crippen molar-refractivity contribution in [3.63, 3.8) is 0 Å². The van der Waals surface area contributed by atoms with Crippen LogP contribution in [0, 0.1) is 5.82 Å². The number of aromatic amines is 1. The number of hydrogen-bond acceptors (Lipinski definition) is 2. The average molecular weight is 269 g/mol. The summed E-state index contributed by atoms with van der Waals surface area (Å²) < 4.78 is 13.0. The van der Waals surface area contributed by atoms with Crippen LogP contribution in [0.15, 0.2) is 48.9 Å². The van der Waals surface area contributed by atoms with Crippen molar-refractivity contribution >= 4 is 22.5 Å². The number of anilines is 1. The van der Waals surface area contributed by atoms with E-state index < -0.39 is 5.82 Å². The predicted octanol–water partition coefficient (Wildman–Crippen LogP) is 2.88. The third-order valence-corrected chi connectivity index (χ3v) is 3.01. The van der Waals surface area contributed by atoms with Crippen LogP contribution in [0.5, 0.6) is 0 Å². The van der Waals surface area contributed by atoms with Gasteiger partial charge in [0.2, 0.25) is 5.91 Å². The maximum atomic E-state index is 13.0. The SMILES string of the molecule is O=C(Cc1c[nH]c2ccccc12)Nc1cncc(F)c1. The van der Waals surface area contributed by atoms with Crippen molar-refractivity contribution in [2.45, 2.75) is 6.42 Å². The fourth-order valence-corrected chi connectivity index (χ4v) is 2.14. The van der Waals surface area contributed by atoms with Crippen LogP contribution in [0.3, 0.4) is 0 Å². The molecule has 2 heterocycles. The second-order valence-corrected chi connectivity index (χ2v) is 4.48. The van der Waals surface area contributed by atoms with Gasteiger partial charge in [-0.1, -0.05) is 18.2 Å². The number of aromatic nitrogens is 2. The maximum Gasteiger partial charge on any atom is 0.228 e. The Kier molecular flexibility index (Phi) is 3.16. The summed E-state index contributed by atoms with van der Waals surface area (Å²) in [6.45, 7) is 0. The summed E-state index contributed by atoms with van der Waals surface area (Å²) in [5, 5.41) is 3.64. The molecule has 100 valence electrons. The summed E-state index contributed by atoms with van der Waals surface area (Å²) in [7, 11) is 0. The van der Waals surface area contributed by atoms with E-state index in [0.717, 1.165) is 22.7 Å². The first-order valence-electron chi connectivity index (χ1n) is 6.18. The highest BCUT2D eigenvalue weighted by Crippen LogP contribution is 2.18. The summed E-state index contributed by atoms with van der Waals surface area (Å²) in [5.41, 5.74) is 2.25. The molecule has 0 bridgehead atoms. The van der Waals surface area contributed by atoms with Gasteiger partial charge in [0.15, 0.2) is 0 Å². The maximum absolute atomic E-state index is 13.0. The molecule has 20 heavy (non-hydrogen) atoms. The standard InChI is InChI=1S/C15H12FN3O/c16-11-6-12(9-17-8-11)19-15(20)5-10-7-18-14-4-2-1-3-13(10)14/h1-4,6-9,18H,5H2,(H,19,20). The molecule has 5 heteroatoms. The van der Waals surface area contributed by atoms with E-state index in [2.05, 4.69) is 15.3 Å². The van der Waals surface area contributed by atoms with Crippen molar-refractivity contribution in [3.8, 4) is 0 Å². The largest absolute Gasteiger partial charge is 0.361 e. The number of hydrogen-bond donors (Lipinski definition) is 2. The van der Waals surface area contributed by atoms with Crippen molar-refractivity contribution in [3.05, 3.63) is 60.3 Å². The number of carbonyl (C=O) groups is 1. The molecule has 0 spiro atoms. The molecule has 0 aliphatic heterocycles. The van der Waals surface area contributed by atoms with Gasteiger partial charge < -0.3 is 10.3 Å². The van der Waals surface area contributed by atoms with Crippen LogP contribution in [0.1, 0.15) is 5.56 Å². The zero-order valence-corrected chi connectivity index (χ0v) is 10.6. The molecule has 0 saturated heterocycles. The molecular weight excluding hydrogens is 257 g/mol. The molecule has 0 aliphatic rings. The minimum atomic E-state index is -0.477. The molecule has 3 aromatic rings. The van der Waals surface area contributed by atoms with Gasteiger partial charge in [0, 0.05) is 23.2 Å². The van der Waals surface area contributed by atoms with E-state index in [0.29, 0.717) is 5.69 Å². The quantitative estimate of drug-likeness (QED) is 0.768. The Bertz CT molecular complexity index is 766. The molecule has 0 aliphatic carbocycles. The van der Waals surface area contributed by atoms with E-state index in [-0.39, 0.29) is 12.3 Å². The van der Waals surface area contributed by atoms with Gasteiger partial charge in [0.1, 0.15) is 5.82 Å². The summed E-state index contributed by atoms with van der Waals surface area (Å²) in [6, 6.07) is 9.00. The predicted molar refractivity (Wildman–Crippen MR) is 74.8 cm³/mol. The van der Waals surface area contributed by atoms with Crippen LogP contribution in [0.25, 0.3) is 10.9 Å². The number of para-hydroxylation sites is 1. The molecule has 2 N–H and O–H groups in total. The van der Waals surface area contributed by atoms with Crippen LogP contribution >= 0.6 is 0 Å². The Morgan fingerprint density at radius 3 is 3.00 bits per heavy atom. The van der Waals surface area contributed by atoms with Crippen LogP contribution in [-0.2, 0) is 11.2 Å². The van der Waals surface area contributed by atoms with Crippen LogP contribution in [-0.4, -0.2) is 15.9 Å². The first-order valence-corrected chi connectivity index (χ1v) is 6.18. The monoisotopic (exact) mass is 269 g/mol. The van der Waals surface area contributed by atoms with E-state index >= 15 is 0 Å². The zero-order chi connectivity index (χ0) is 13.9. The number of rotatable bonds is 3. The fourth-order valence-electron chi connectivity index (χ4n) is 2.14. The van der Waals surface area contributed by atoms with Gasteiger partial charge in [0.25, 0.3) is 0 Å². The molecule has 0 radical (unpaired) electrons. The van der Waals surface area contributed by atoms with Crippen LogP contribution in [0.4, 0.5) is 10.1 Å². The molecule has 0 saturated carbocycles. The lowest BCUT2D eigenvalue weighted by atomic mass is 10.1. The smallest absolute Gasteiger partial charge is 0.228 e. The van der Waals surface area contributed by atoms with E-state index in [1.807, 2.05) is 30.5 Å².